The predicted octanol–water partition coefficient (Wildman–Crippen LogP) is 2.50. The number of aromatic nitrogens is 1. The number of rotatable bonds is 8. The Morgan fingerprint density at radius 1 is 1.53 bits per heavy atom. The Bertz CT molecular complexity index is 421. The summed E-state index contributed by atoms with van der Waals surface area (Å²) in [6.45, 7) is 8.62. The zero-order chi connectivity index (χ0) is 14.3. The molecule has 0 aromatic carbocycles. The zero-order valence-corrected chi connectivity index (χ0v) is 12.7. The van der Waals surface area contributed by atoms with Crippen molar-refractivity contribution >= 4 is 23.0 Å². The van der Waals surface area contributed by atoms with E-state index in [0.717, 1.165) is 43.1 Å². The molecule has 0 radical (unpaired) electrons. The molecule has 3 N–H and O–H groups in total. The van der Waals surface area contributed by atoms with Crippen molar-refractivity contribution < 1.29 is 4.74 Å². The lowest BCUT2D eigenvalue weighted by atomic mass is 10.1. The molecular formula is C14H23N3OS. The van der Waals surface area contributed by atoms with Crippen LogP contribution in [0, 0.1) is 12.8 Å². The van der Waals surface area contributed by atoms with E-state index in [9.17, 15) is 0 Å². The maximum Gasteiger partial charge on any atom is 0.136 e. The van der Waals surface area contributed by atoms with Crippen LogP contribution >= 0.6 is 12.2 Å². The monoisotopic (exact) mass is 281 g/mol. The van der Waals surface area contributed by atoms with Gasteiger partial charge in [-0.15, -0.1) is 0 Å². The number of pyridine rings is 1. The van der Waals surface area contributed by atoms with Gasteiger partial charge in [0, 0.05) is 26.0 Å². The highest BCUT2D eigenvalue weighted by molar-refractivity contribution is 7.80. The summed E-state index contributed by atoms with van der Waals surface area (Å²) < 4.78 is 5.52. The summed E-state index contributed by atoms with van der Waals surface area (Å²) in [5.41, 5.74) is 7.60. The SMILES string of the molecule is Cc1ccnc(NCCCOCC(C)C)c1C(N)=S. The molecule has 1 aromatic rings. The van der Waals surface area contributed by atoms with Crippen LogP contribution in [0.5, 0.6) is 0 Å². The lowest BCUT2D eigenvalue weighted by Crippen LogP contribution is -2.17. The fourth-order valence-electron chi connectivity index (χ4n) is 1.70. The number of anilines is 1. The van der Waals surface area contributed by atoms with Crippen molar-refractivity contribution in [3.63, 3.8) is 0 Å². The predicted molar refractivity (Wildman–Crippen MR) is 83.6 cm³/mol. The maximum atomic E-state index is 5.73. The molecule has 4 nitrogen and oxygen atoms in total. The van der Waals surface area contributed by atoms with Crippen LogP contribution in [-0.4, -0.2) is 29.7 Å². The lowest BCUT2D eigenvalue weighted by molar-refractivity contribution is 0.110. The standard InChI is InChI=1S/C14H23N3OS/c1-10(2)9-18-8-4-6-16-14-12(13(15)19)11(3)5-7-17-14/h5,7,10H,4,6,8-9H2,1-3H3,(H2,15,19)(H,16,17). The molecule has 0 saturated heterocycles. The van der Waals surface area contributed by atoms with E-state index in [-0.39, 0.29) is 0 Å². The number of nitrogens with two attached hydrogens (primary N) is 1. The number of nitrogens with one attached hydrogen (secondary N) is 1. The number of nitrogens with zero attached hydrogens (tertiary/aromatic N) is 1. The Balaban J connectivity index is 2.41. The minimum atomic E-state index is 0.379. The van der Waals surface area contributed by atoms with Gasteiger partial charge in [-0.1, -0.05) is 26.1 Å². The second kappa shape index (κ2) is 8.07. The largest absolute Gasteiger partial charge is 0.389 e. The van der Waals surface area contributed by atoms with Gasteiger partial charge in [-0.3, -0.25) is 0 Å². The number of ether oxygens (including phenoxy) is 1. The van der Waals surface area contributed by atoms with Gasteiger partial charge in [0.05, 0.1) is 5.56 Å². The Hall–Kier alpha value is -1.20. The topological polar surface area (TPSA) is 60.2 Å². The van der Waals surface area contributed by atoms with E-state index in [1.807, 2.05) is 13.0 Å². The van der Waals surface area contributed by atoms with Crippen LogP contribution in [0.25, 0.3) is 0 Å². The maximum absolute atomic E-state index is 5.73. The average Bonchev–Trinajstić information content (AvgIpc) is 2.32. The van der Waals surface area contributed by atoms with Crippen molar-refractivity contribution in [2.24, 2.45) is 11.7 Å². The Morgan fingerprint density at radius 2 is 2.26 bits per heavy atom. The molecule has 0 saturated carbocycles. The molecule has 1 aromatic heterocycles. The molecule has 0 fully saturated rings. The van der Waals surface area contributed by atoms with Crippen LogP contribution < -0.4 is 11.1 Å². The molecule has 0 unspecified atom stereocenters. The first-order chi connectivity index (χ1) is 9.02. The van der Waals surface area contributed by atoms with Crippen molar-refractivity contribution in [3.05, 3.63) is 23.4 Å². The molecule has 0 aliphatic rings. The number of thiocarbonyl (C=S) groups is 1. The van der Waals surface area contributed by atoms with E-state index in [1.165, 1.54) is 0 Å². The van der Waals surface area contributed by atoms with Gasteiger partial charge in [0.25, 0.3) is 0 Å². The van der Waals surface area contributed by atoms with Crippen LogP contribution in [0.3, 0.4) is 0 Å². The Morgan fingerprint density at radius 3 is 2.89 bits per heavy atom. The molecular weight excluding hydrogens is 258 g/mol. The summed E-state index contributed by atoms with van der Waals surface area (Å²) >= 11 is 5.06. The fraction of sp³-hybridized carbons (Fsp3) is 0.571. The molecule has 0 atom stereocenters. The van der Waals surface area contributed by atoms with Crippen LogP contribution in [0.4, 0.5) is 5.82 Å². The van der Waals surface area contributed by atoms with Crippen LogP contribution in [0.2, 0.25) is 0 Å². The van der Waals surface area contributed by atoms with Crippen molar-refractivity contribution in [1.29, 1.82) is 0 Å². The van der Waals surface area contributed by atoms with E-state index >= 15 is 0 Å². The smallest absolute Gasteiger partial charge is 0.136 e. The minimum absolute atomic E-state index is 0.379. The third kappa shape index (κ3) is 5.53. The minimum Gasteiger partial charge on any atom is -0.389 e. The van der Waals surface area contributed by atoms with E-state index in [2.05, 4.69) is 24.1 Å². The van der Waals surface area contributed by atoms with Gasteiger partial charge in [0.15, 0.2) is 0 Å². The highest BCUT2D eigenvalue weighted by Gasteiger charge is 2.08. The normalized spacial score (nSPS) is 10.7. The zero-order valence-electron chi connectivity index (χ0n) is 11.9. The first kappa shape index (κ1) is 15.9. The lowest BCUT2D eigenvalue weighted by Gasteiger charge is -2.12. The Labute approximate surface area is 120 Å². The van der Waals surface area contributed by atoms with Gasteiger partial charge in [-0.25, -0.2) is 4.98 Å². The summed E-state index contributed by atoms with van der Waals surface area (Å²) in [4.78, 5) is 4.67. The van der Waals surface area contributed by atoms with Crippen molar-refractivity contribution in [1.82, 2.24) is 4.98 Å². The van der Waals surface area contributed by atoms with Crippen LogP contribution in [0.1, 0.15) is 31.4 Å². The van der Waals surface area contributed by atoms with Gasteiger partial charge in [0.2, 0.25) is 0 Å². The first-order valence-corrected chi connectivity index (χ1v) is 7.00. The van der Waals surface area contributed by atoms with Crippen LogP contribution in [-0.2, 0) is 4.74 Å². The van der Waals surface area contributed by atoms with Gasteiger partial charge in [-0.05, 0) is 30.9 Å². The summed E-state index contributed by atoms with van der Waals surface area (Å²) in [7, 11) is 0. The first-order valence-electron chi connectivity index (χ1n) is 6.59. The molecule has 106 valence electrons. The van der Waals surface area contributed by atoms with Crippen molar-refractivity contribution in [2.75, 3.05) is 25.1 Å². The highest BCUT2D eigenvalue weighted by atomic mass is 32.1. The van der Waals surface area contributed by atoms with Gasteiger partial charge < -0.3 is 15.8 Å². The molecule has 1 rings (SSSR count). The quantitative estimate of drug-likeness (QED) is 0.566. The third-order valence-electron chi connectivity index (χ3n) is 2.61. The van der Waals surface area contributed by atoms with Crippen molar-refractivity contribution in [2.45, 2.75) is 27.2 Å². The molecule has 0 aliphatic carbocycles. The van der Waals surface area contributed by atoms with Crippen LogP contribution in [0.15, 0.2) is 12.3 Å². The molecule has 5 heteroatoms. The van der Waals surface area contributed by atoms with E-state index < -0.39 is 0 Å². The average molecular weight is 281 g/mol. The number of hydrogen-bond donors (Lipinski definition) is 2. The second-order valence-corrected chi connectivity index (χ2v) is 5.40. The third-order valence-corrected chi connectivity index (χ3v) is 2.82. The van der Waals surface area contributed by atoms with Gasteiger partial charge in [0.1, 0.15) is 10.8 Å². The van der Waals surface area contributed by atoms with Gasteiger partial charge in [-0.2, -0.15) is 0 Å². The van der Waals surface area contributed by atoms with Gasteiger partial charge >= 0.3 is 0 Å². The molecule has 0 aliphatic heterocycles. The summed E-state index contributed by atoms with van der Waals surface area (Å²) in [6, 6.07) is 1.91. The number of aryl methyl sites for hydroxylation is 1. The number of hydrogen-bond acceptors (Lipinski definition) is 4. The molecule has 0 amide bonds. The van der Waals surface area contributed by atoms with Crippen molar-refractivity contribution in [3.8, 4) is 0 Å². The second-order valence-electron chi connectivity index (χ2n) is 4.96. The Kier molecular flexibility index (Phi) is 6.73. The molecule has 1 heterocycles. The fourth-order valence-corrected chi connectivity index (χ4v) is 1.96. The molecule has 0 spiro atoms. The van der Waals surface area contributed by atoms with E-state index in [0.29, 0.717) is 10.9 Å². The summed E-state index contributed by atoms with van der Waals surface area (Å²) in [6.07, 6.45) is 2.69. The van der Waals surface area contributed by atoms with E-state index in [1.54, 1.807) is 6.20 Å². The summed E-state index contributed by atoms with van der Waals surface area (Å²) in [5.74, 6) is 1.34. The summed E-state index contributed by atoms with van der Waals surface area (Å²) in [5, 5.41) is 3.26. The highest BCUT2D eigenvalue weighted by Crippen LogP contribution is 2.16. The molecule has 19 heavy (non-hydrogen) atoms. The van der Waals surface area contributed by atoms with E-state index in [4.69, 9.17) is 22.7 Å². The molecule has 0 bridgehead atoms.